The van der Waals surface area contributed by atoms with E-state index in [0.29, 0.717) is 24.9 Å². The summed E-state index contributed by atoms with van der Waals surface area (Å²) in [6.45, 7) is 3.02. The molecule has 3 atom stereocenters. The van der Waals surface area contributed by atoms with Crippen molar-refractivity contribution in [2.24, 2.45) is 11.8 Å². The second-order valence-electron chi connectivity index (χ2n) is 5.31. The molecule has 2 rings (SSSR count). The van der Waals surface area contributed by atoms with Gasteiger partial charge in [-0.3, -0.25) is 4.90 Å². The van der Waals surface area contributed by atoms with Gasteiger partial charge in [-0.15, -0.1) is 0 Å². The van der Waals surface area contributed by atoms with Gasteiger partial charge in [0.25, 0.3) is 0 Å². The molecule has 1 saturated heterocycles. The van der Waals surface area contributed by atoms with Gasteiger partial charge >= 0.3 is 6.18 Å². The molecule has 0 amide bonds. The van der Waals surface area contributed by atoms with Crippen molar-refractivity contribution in [2.45, 2.75) is 38.4 Å². The molecule has 2 fully saturated rings. The number of nitrogens with one attached hydrogen (secondary N) is 1. The van der Waals surface area contributed by atoms with Crippen LogP contribution in [0.1, 0.15) is 26.2 Å². The molecule has 1 N–H and O–H groups in total. The van der Waals surface area contributed by atoms with Gasteiger partial charge in [-0.1, -0.05) is 13.3 Å². The number of hydrogen-bond donors (Lipinski definition) is 1. The van der Waals surface area contributed by atoms with Crippen LogP contribution in [0, 0.1) is 11.8 Å². The van der Waals surface area contributed by atoms with Crippen LogP contribution in [0.3, 0.4) is 0 Å². The van der Waals surface area contributed by atoms with E-state index in [4.69, 9.17) is 0 Å². The zero-order valence-electron chi connectivity index (χ0n) is 10.3. The molecule has 17 heavy (non-hydrogen) atoms. The van der Waals surface area contributed by atoms with Gasteiger partial charge in [0.05, 0.1) is 6.54 Å². The zero-order chi connectivity index (χ0) is 12.5. The number of likely N-dealkylation sites (N-methyl/N-ethyl adjacent to an activating group) is 1. The van der Waals surface area contributed by atoms with Gasteiger partial charge in [0.1, 0.15) is 0 Å². The minimum Gasteiger partial charge on any atom is -0.312 e. The normalized spacial score (nSPS) is 33.4. The van der Waals surface area contributed by atoms with E-state index in [1.807, 2.05) is 0 Å². The molecule has 0 aromatic heterocycles. The van der Waals surface area contributed by atoms with Crippen LogP contribution in [0.2, 0.25) is 0 Å². The summed E-state index contributed by atoms with van der Waals surface area (Å²) in [4.78, 5) is 1.51. The minimum absolute atomic E-state index is 0.268. The number of fused-ring (bicyclic) bond motifs is 1. The fourth-order valence-corrected chi connectivity index (χ4v) is 3.34. The molecular formula is C12H21F3N2. The highest BCUT2D eigenvalue weighted by atomic mass is 19.4. The molecule has 5 heteroatoms. The summed E-state index contributed by atoms with van der Waals surface area (Å²) in [6, 6.07) is 0.268. The summed E-state index contributed by atoms with van der Waals surface area (Å²) in [5.74, 6) is 1.32. The Labute approximate surface area is 101 Å². The average Bonchev–Trinajstić information content (AvgIpc) is 2.79. The van der Waals surface area contributed by atoms with E-state index in [0.717, 1.165) is 6.54 Å². The number of nitrogens with zero attached hydrogens (tertiary/aromatic N) is 1. The lowest BCUT2D eigenvalue weighted by molar-refractivity contribution is -0.146. The van der Waals surface area contributed by atoms with E-state index >= 15 is 0 Å². The number of hydrogen-bond acceptors (Lipinski definition) is 2. The number of alkyl halides is 3. The Hall–Kier alpha value is -0.290. The van der Waals surface area contributed by atoms with Crippen molar-refractivity contribution in [3.05, 3.63) is 0 Å². The summed E-state index contributed by atoms with van der Waals surface area (Å²) in [7, 11) is 0. The van der Waals surface area contributed by atoms with Gasteiger partial charge in [0.2, 0.25) is 0 Å². The second-order valence-corrected chi connectivity index (χ2v) is 5.31. The van der Waals surface area contributed by atoms with Crippen LogP contribution < -0.4 is 5.32 Å². The first-order valence-corrected chi connectivity index (χ1v) is 6.52. The average molecular weight is 250 g/mol. The van der Waals surface area contributed by atoms with Crippen LogP contribution in [0.4, 0.5) is 13.2 Å². The first kappa shape index (κ1) is 13.1. The van der Waals surface area contributed by atoms with E-state index in [9.17, 15) is 13.2 Å². The first-order valence-electron chi connectivity index (χ1n) is 6.52. The Kier molecular flexibility index (Phi) is 3.98. The topological polar surface area (TPSA) is 15.3 Å². The van der Waals surface area contributed by atoms with Crippen molar-refractivity contribution >= 4 is 0 Å². The van der Waals surface area contributed by atoms with E-state index in [-0.39, 0.29) is 6.04 Å². The highest BCUT2D eigenvalue weighted by Gasteiger charge is 2.40. The molecule has 100 valence electrons. The lowest BCUT2D eigenvalue weighted by Crippen LogP contribution is -2.44. The molecule has 0 aromatic rings. The predicted octanol–water partition coefficient (Wildman–Crippen LogP) is 2.26. The van der Waals surface area contributed by atoms with Crippen molar-refractivity contribution in [1.82, 2.24) is 10.2 Å². The molecule has 2 aliphatic rings. The highest BCUT2D eigenvalue weighted by Crippen LogP contribution is 2.38. The Balaban J connectivity index is 1.86. The molecule has 0 spiro atoms. The third-order valence-electron chi connectivity index (χ3n) is 4.18. The summed E-state index contributed by atoms with van der Waals surface area (Å²) >= 11 is 0. The van der Waals surface area contributed by atoms with Crippen LogP contribution >= 0.6 is 0 Å². The predicted molar refractivity (Wildman–Crippen MR) is 60.8 cm³/mol. The molecule has 0 aromatic carbocycles. The van der Waals surface area contributed by atoms with E-state index in [1.54, 1.807) is 6.92 Å². The van der Waals surface area contributed by atoms with Gasteiger partial charge in [-0.05, 0) is 37.8 Å². The van der Waals surface area contributed by atoms with Crippen LogP contribution in [-0.4, -0.2) is 43.3 Å². The molecule has 3 unspecified atom stereocenters. The maximum Gasteiger partial charge on any atom is 0.401 e. The summed E-state index contributed by atoms with van der Waals surface area (Å²) in [5, 5.41) is 3.40. The summed E-state index contributed by atoms with van der Waals surface area (Å²) in [5.41, 5.74) is 0. The first-order chi connectivity index (χ1) is 7.99. The second kappa shape index (κ2) is 5.14. The molecule has 0 bridgehead atoms. The van der Waals surface area contributed by atoms with Gasteiger partial charge in [0.15, 0.2) is 0 Å². The van der Waals surface area contributed by atoms with Crippen LogP contribution in [0.25, 0.3) is 0 Å². The molecule has 1 saturated carbocycles. The maximum atomic E-state index is 12.4. The Bertz CT molecular complexity index is 255. The summed E-state index contributed by atoms with van der Waals surface area (Å²) < 4.78 is 37.1. The third-order valence-corrected chi connectivity index (χ3v) is 4.18. The smallest absolute Gasteiger partial charge is 0.312 e. The van der Waals surface area contributed by atoms with Gasteiger partial charge < -0.3 is 5.32 Å². The van der Waals surface area contributed by atoms with Gasteiger partial charge in [-0.2, -0.15) is 13.2 Å². The lowest BCUT2D eigenvalue weighted by Gasteiger charge is -2.28. The van der Waals surface area contributed by atoms with Crippen molar-refractivity contribution < 1.29 is 13.2 Å². The molecule has 0 radical (unpaired) electrons. The Morgan fingerprint density at radius 2 is 2.06 bits per heavy atom. The Morgan fingerprint density at radius 1 is 1.29 bits per heavy atom. The zero-order valence-corrected chi connectivity index (χ0v) is 10.3. The molecular weight excluding hydrogens is 229 g/mol. The Morgan fingerprint density at radius 3 is 2.71 bits per heavy atom. The highest BCUT2D eigenvalue weighted by molar-refractivity contribution is 4.95. The van der Waals surface area contributed by atoms with Crippen molar-refractivity contribution in [3.8, 4) is 0 Å². The van der Waals surface area contributed by atoms with Crippen LogP contribution in [0.5, 0.6) is 0 Å². The van der Waals surface area contributed by atoms with E-state index in [2.05, 4.69) is 5.32 Å². The fourth-order valence-electron chi connectivity index (χ4n) is 3.34. The molecule has 2 nitrogen and oxygen atoms in total. The molecule has 1 heterocycles. The quantitative estimate of drug-likeness (QED) is 0.823. The largest absolute Gasteiger partial charge is 0.401 e. The summed E-state index contributed by atoms with van der Waals surface area (Å²) in [6.07, 6.45) is -0.395. The van der Waals surface area contributed by atoms with E-state index < -0.39 is 12.7 Å². The van der Waals surface area contributed by atoms with Crippen LogP contribution in [0.15, 0.2) is 0 Å². The van der Waals surface area contributed by atoms with Gasteiger partial charge in [0, 0.05) is 12.6 Å². The SMILES string of the molecule is CCN(CC1NCC2CCCC21)CC(F)(F)F. The van der Waals surface area contributed by atoms with Crippen LogP contribution in [-0.2, 0) is 0 Å². The fraction of sp³-hybridized carbons (Fsp3) is 1.00. The monoisotopic (exact) mass is 250 g/mol. The third kappa shape index (κ3) is 3.35. The number of halogens is 3. The lowest BCUT2D eigenvalue weighted by atomic mass is 9.94. The minimum atomic E-state index is -4.08. The van der Waals surface area contributed by atoms with Gasteiger partial charge in [-0.25, -0.2) is 0 Å². The molecule has 1 aliphatic carbocycles. The van der Waals surface area contributed by atoms with E-state index in [1.165, 1.54) is 24.2 Å². The van der Waals surface area contributed by atoms with Crippen molar-refractivity contribution in [2.75, 3.05) is 26.2 Å². The maximum absolute atomic E-state index is 12.4. The van der Waals surface area contributed by atoms with Crippen molar-refractivity contribution in [1.29, 1.82) is 0 Å². The molecule has 1 aliphatic heterocycles. The number of rotatable bonds is 4. The standard InChI is InChI=1S/C12H21F3N2/c1-2-17(8-12(13,14)15)7-11-10-5-3-4-9(10)6-16-11/h9-11,16H,2-8H2,1H3. The van der Waals surface area contributed by atoms with Crippen molar-refractivity contribution in [3.63, 3.8) is 0 Å².